The Labute approximate surface area is 78.7 Å². The normalized spacial score (nSPS) is 11.9. The number of ether oxygens (including phenoxy) is 1. The smallest absolute Gasteiger partial charge is 0.335 e. The maximum Gasteiger partial charge on any atom is 0.335 e. The molecule has 0 aromatic heterocycles. The largest absolute Gasteiger partial charge is 0.464 e. The second kappa shape index (κ2) is 5.54. The highest BCUT2D eigenvalue weighted by Gasteiger charge is 2.16. The lowest BCUT2D eigenvalue weighted by molar-refractivity contribution is -0.152. The van der Waals surface area contributed by atoms with Crippen LogP contribution in [0.5, 0.6) is 0 Å². The minimum Gasteiger partial charge on any atom is -0.464 e. The van der Waals surface area contributed by atoms with Gasteiger partial charge in [0.2, 0.25) is 0 Å². The Morgan fingerprint density at radius 1 is 1.54 bits per heavy atom. The first-order valence-corrected chi connectivity index (χ1v) is 4.17. The quantitative estimate of drug-likeness (QED) is 0.519. The first kappa shape index (κ1) is 11.9. The van der Waals surface area contributed by atoms with Crippen LogP contribution in [0.15, 0.2) is 24.3 Å². The molecule has 0 amide bonds. The van der Waals surface area contributed by atoms with Crippen molar-refractivity contribution in [2.75, 3.05) is 6.61 Å². The molecule has 0 aromatic carbocycles. The van der Waals surface area contributed by atoms with E-state index in [9.17, 15) is 9.90 Å². The second-order valence-electron chi connectivity index (χ2n) is 2.86. The van der Waals surface area contributed by atoms with E-state index in [2.05, 4.69) is 17.9 Å². The predicted octanol–water partition coefficient (Wildman–Crippen LogP) is 1.43. The number of aliphatic hydroxyl groups excluding tert-OH is 1. The minimum atomic E-state index is -1.12. The van der Waals surface area contributed by atoms with Crippen molar-refractivity contribution in [2.45, 2.75) is 26.4 Å². The molecule has 0 heterocycles. The molecule has 0 aromatic rings. The number of esters is 1. The summed E-state index contributed by atoms with van der Waals surface area (Å²) in [5, 5.41) is 9.29. The van der Waals surface area contributed by atoms with E-state index in [1.54, 1.807) is 13.8 Å². The van der Waals surface area contributed by atoms with Gasteiger partial charge in [0.05, 0.1) is 6.61 Å². The highest BCUT2D eigenvalue weighted by molar-refractivity contribution is 5.74. The molecule has 0 aliphatic carbocycles. The minimum absolute atomic E-state index is 0.189. The van der Waals surface area contributed by atoms with Crippen LogP contribution in [-0.4, -0.2) is 23.8 Å². The van der Waals surface area contributed by atoms with Gasteiger partial charge in [0, 0.05) is 6.42 Å². The van der Waals surface area contributed by atoms with Gasteiger partial charge in [0.15, 0.2) is 6.10 Å². The van der Waals surface area contributed by atoms with Crippen LogP contribution in [0, 0.1) is 0 Å². The van der Waals surface area contributed by atoms with E-state index in [-0.39, 0.29) is 13.0 Å². The lowest BCUT2D eigenvalue weighted by Crippen LogP contribution is -2.23. The fourth-order valence-electron chi connectivity index (χ4n) is 0.729. The number of rotatable bonds is 5. The summed E-state index contributed by atoms with van der Waals surface area (Å²) in [7, 11) is 0. The third kappa shape index (κ3) is 4.48. The summed E-state index contributed by atoms with van der Waals surface area (Å²) in [6.07, 6.45) is -0.933. The summed E-state index contributed by atoms with van der Waals surface area (Å²) >= 11 is 0. The molecule has 13 heavy (non-hydrogen) atoms. The zero-order valence-electron chi connectivity index (χ0n) is 8.17. The molecule has 0 bridgehead atoms. The van der Waals surface area contributed by atoms with Crippen molar-refractivity contribution in [2.24, 2.45) is 0 Å². The molecule has 0 saturated heterocycles. The molecule has 0 aliphatic rings. The fraction of sp³-hybridized carbons (Fsp3) is 0.500. The van der Waals surface area contributed by atoms with Gasteiger partial charge >= 0.3 is 5.97 Å². The maximum absolute atomic E-state index is 11.0. The van der Waals surface area contributed by atoms with E-state index in [0.29, 0.717) is 5.57 Å². The second-order valence-corrected chi connectivity index (χ2v) is 2.86. The summed E-state index contributed by atoms with van der Waals surface area (Å²) < 4.78 is 4.62. The average Bonchev–Trinajstić information content (AvgIpc) is 2.04. The molecule has 0 saturated carbocycles. The van der Waals surface area contributed by atoms with Crippen LogP contribution < -0.4 is 0 Å². The number of aliphatic hydroxyl groups is 1. The van der Waals surface area contributed by atoms with Gasteiger partial charge in [-0.25, -0.2) is 4.79 Å². The van der Waals surface area contributed by atoms with Gasteiger partial charge in [0.25, 0.3) is 0 Å². The van der Waals surface area contributed by atoms with Crippen LogP contribution in [-0.2, 0) is 9.53 Å². The Morgan fingerprint density at radius 3 is 2.46 bits per heavy atom. The average molecular weight is 184 g/mol. The van der Waals surface area contributed by atoms with Gasteiger partial charge in [-0.1, -0.05) is 18.7 Å². The van der Waals surface area contributed by atoms with E-state index < -0.39 is 12.1 Å². The van der Waals surface area contributed by atoms with Crippen molar-refractivity contribution in [3.63, 3.8) is 0 Å². The summed E-state index contributed by atoms with van der Waals surface area (Å²) in [6.45, 7) is 11.1. The summed E-state index contributed by atoms with van der Waals surface area (Å²) in [5.41, 5.74) is 1.43. The molecular formula is C10H16O3. The van der Waals surface area contributed by atoms with Crippen LogP contribution in [0.4, 0.5) is 0 Å². The number of carbonyl (C=O) groups is 1. The number of allylic oxidation sites excluding steroid dienone is 1. The molecule has 0 radical (unpaired) electrons. The van der Waals surface area contributed by atoms with Crippen LogP contribution in [0.1, 0.15) is 20.3 Å². The summed E-state index contributed by atoms with van der Waals surface area (Å²) in [6, 6.07) is 0. The predicted molar refractivity (Wildman–Crippen MR) is 51.2 cm³/mol. The van der Waals surface area contributed by atoms with Crippen LogP contribution in [0.25, 0.3) is 0 Å². The molecule has 0 aliphatic heterocycles. The first-order chi connectivity index (χ1) is 5.99. The van der Waals surface area contributed by atoms with Gasteiger partial charge in [-0.05, 0) is 19.4 Å². The molecule has 1 atom stereocenters. The maximum atomic E-state index is 11.0. The zero-order chi connectivity index (χ0) is 10.4. The highest BCUT2D eigenvalue weighted by atomic mass is 16.5. The first-order valence-electron chi connectivity index (χ1n) is 4.17. The number of carbonyl (C=O) groups excluding carboxylic acids is 1. The van der Waals surface area contributed by atoms with Crippen molar-refractivity contribution < 1.29 is 14.6 Å². The molecule has 0 spiro atoms. The van der Waals surface area contributed by atoms with E-state index in [0.717, 1.165) is 5.57 Å². The molecule has 74 valence electrons. The van der Waals surface area contributed by atoms with Crippen LogP contribution in [0.3, 0.4) is 0 Å². The molecule has 3 heteroatoms. The molecule has 1 N–H and O–H groups in total. The number of hydrogen-bond donors (Lipinski definition) is 1. The van der Waals surface area contributed by atoms with Gasteiger partial charge < -0.3 is 9.84 Å². The van der Waals surface area contributed by atoms with E-state index >= 15 is 0 Å². The summed E-state index contributed by atoms with van der Waals surface area (Å²) in [5.74, 6) is -0.607. The standard InChI is InChI=1S/C10H16O3/c1-5-13-10(12)9(11)6-8(4)7(2)3/h9,11H,2,4-6H2,1,3H3. The van der Waals surface area contributed by atoms with E-state index in [4.69, 9.17) is 0 Å². The third-order valence-electron chi connectivity index (χ3n) is 1.60. The van der Waals surface area contributed by atoms with Crippen LogP contribution in [0.2, 0.25) is 0 Å². The van der Waals surface area contributed by atoms with Gasteiger partial charge in [0.1, 0.15) is 0 Å². The van der Waals surface area contributed by atoms with Crippen molar-refractivity contribution in [1.82, 2.24) is 0 Å². The van der Waals surface area contributed by atoms with E-state index in [1.165, 1.54) is 0 Å². The molecule has 0 fully saturated rings. The fourth-order valence-corrected chi connectivity index (χ4v) is 0.729. The Hall–Kier alpha value is -1.09. The Bertz CT molecular complexity index is 218. The monoisotopic (exact) mass is 184 g/mol. The highest BCUT2D eigenvalue weighted by Crippen LogP contribution is 2.12. The van der Waals surface area contributed by atoms with E-state index in [1.807, 2.05) is 0 Å². The Morgan fingerprint density at radius 2 is 2.08 bits per heavy atom. The third-order valence-corrected chi connectivity index (χ3v) is 1.60. The number of hydrogen-bond acceptors (Lipinski definition) is 3. The zero-order valence-corrected chi connectivity index (χ0v) is 8.17. The topological polar surface area (TPSA) is 46.5 Å². The van der Waals surface area contributed by atoms with Crippen molar-refractivity contribution in [3.8, 4) is 0 Å². The molecule has 1 unspecified atom stereocenters. The molecule has 0 rings (SSSR count). The Balaban J connectivity index is 3.99. The molecule has 3 nitrogen and oxygen atoms in total. The molecular weight excluding hydrogens is 168 g/mol. The van der Waals surface area contributed by atoms with Crippen molar-refractivity contribution >= 4 is 5.97 Å². The van der Waals surface area contributed by atoms with Gasteiger partial charge in [-0.15, -0.1) is 0 Å². The summed E-state index contributed by atoms with van der Waals surface area (Å²) in [4.78, 5) is 11.0. The Kier molecular flexibility index (Phi) is 5.07. The van der Waals surface area contributed by atoms with Crippen molar-refractivity contribution in [3.05, 3.63) is 24.3 Å². The van der Waals surface area contributed by atoms with Gasteiger partial charge in [-0.2, -0.15) is 0 Å². The van der Waals surface area contributed by atoms with Gasteiger partial charge in [-0.3, -0.25) is 0 Å². The lowest BCUT2D eigenvalue weighted by Gasteiger charge is -2.10. The van der Waals surface area contributed by atoms with Crippen LogP contribution >= 0.6 is 0 Å². The SMILES string of the molecule is C=C(C)C(=C)CC(O)C(=O)OCC. The van der Waals surface area contributed by atoms with Crippen molar-refractivity contribution in [1.29, 1.82) is 0 Å². The lowest BCUT2D eigenvalue weighted by atomic mass is 10.0.